The quantitative estimate of drug-likeness (QED) is 0.910. The molecule has 0 bridgehead atoms. The van der Waals surface area contributed by atoms with E-state index in [1.165, 1.54) is 4.68 Å². The molecule has 0 saturated heterocycles. The van der Waals surface area contributed by atoms with Crippen LogP contribution in [0, 0.1) is 13.8 Å². The minimum atomic E-state index is -4.38. The summed E-state index contributed by atoms with van der Waals surface area (Å²) in [5.74, 6) is 0. The Balaban J connectivity index is 2.51. The minimum Gasteiger partial charge on any atom is -0.326 e. The molecule has 6 heteroatoms. The van der Waals surface area contributed by atoms with Crippen molar-refractivity contribution in [2.75, 3.05) is 0 Å². The van der Waals surface area contributed by atoms with Crippen LogP contribution in [0.15, 0.2) is 24.5 Å². The molecule has 0 fully saturated rings. The van der Waals surface area contributed by atoms with Gasteiger partial charge < -0.3 is 5.73 Å². The zero-order chi connectivity index (χ0) is 14.2. The highest BCUT2D eigenvalue weighted by atomic mass is 19.4. The number of aryl methyl sites for hydroxylation is 2. The van der Waals surface area contributed by atoms with Gasteiger partial charge in [-0.1, -0.05) is 12.1 Å². The van der Waals surface area contributed by atoms with Crippen LogP contribution in [0.25, 0.3) is 5.69 Å². The van der Waals surface area contributed by atoms with Gasteiger partial charge >= 0.3 is 6.18 Å². The van der Waals surface area contributed by atoms with Crippen LogP contribution in [0.5, 0.6) is 0 Å². The summed E-state index contributed by atoms with van der Waals surface area (Å²) in [6, 6.07) is 3.72. The van der Waals surface area contributed by atoms with Crippen LogP contribution >= 0.6 is 0 Å². The Bertz CT molecular complexity index is 576. The van der Waals surface area contributed by atoms with Crippen LogP contribution in [0.4, 0.5) is 13.2 Å². The summed E-state index contributed by atoms with van der Waals surface area (Å²) in [5, 5.41) is 3.80. The summed E-state index contributed by atoms with van der Waals surface area (Å²) in [7, 11) is 0. The van der Waals surface area contributed by atoms with Crippen molar-refractivity contribution in [3.63, 3.8) is 0 Å². The van der Waals surface area contributed by atoms with Crippen molar-refractivity contribution in [2.24, 2.45) is 5.73 Å². The molecule has 19 heavy (non-hydrogen) atoms. The van der Waals surface area contributed by atoms with Gasteiger partial charge in [-0.3, -0.25) is 0 Å². The molecule has 0 atom stereocenters. The Morgan fingerprint density at radius 1 is 1.21 bits per heavy atom. The minimum absolute atomic E-state index is 0.398. The number of nitrogens with zero attached hydrogens (tertiary/aromatic N) is 2. The van der Waals surface area contributed by atoms with Gasteiger partial charge in [0.15, 0.2) is 0 Å². The Morgan fingerprint density at radius 2 is 1.79 bits per heavy atom. The normalized spacial score (nSPS) is 11.9. The second-order valence-corrected chi connectivity index (χ2v) is 4.45. The molecule has 0 amide bonds. The van der Waals surface area contributed by atoms with Crippen molar-refractivity contribution >= 4 is 0 Å². The fraction of sp³-hybridized carbons (Fsp3) is 0.308. The van der Waals surface area contributed by atoms with E-state index in [0.29, 0.717) is 12.2 Å². The third-order valence-electron chi connectivity index (χ3n) is 2.93. The maximum Gasteiger partial charge on any atom is 0.419 e. The summed E-state index contributed by atoms with van der Waals surface area (Å²) >= 11 is 0. The van der Waals surface area contributed by atoms with Crippen LogP contribution in [0.3, 0.4) is 0 Å². The number of benzene rings is 1. The first-order valence-corrected chi connectivity index (χ1v) is 5.75. The van der Waals surface area contributed by atoms with Crippen LogP contribution in [-0.4, -0.2) is 9.78 Å². The van der Waals surface area contributed by atoms with E-state index in [0.717, 1.165) is 29.1 Å². The van der Waals surface area contributed by atoms with E-state index in [2.05, 4.69) is 5.10 Å². The monoisotopic (exact) mass is 269 g/mol. The molecule has 0 radical (unpaired) electrons. The van der Waals surface area contributed by atoms with E-state index in [1.807, 2.05) is 26.0 Å². The molecule has 2 aromatic rings. The SMILES string of the molecule is Cc1cc(CN)cc(C)c1-n1cc(C(F)(F)F)cn1. The maximum atomic E-state index is 12.6. The molecule has 2 rings (SSSR count). The second kappa shape index (κ2) is 4.70. The fourth-order valence-corrected chi connectivity index (χ4v) is 2.12. The molecule has 0 aliphatic rings. The van der Waals surface area contributed by atoms with E-state index >= 15 is 0 Å². The van der Waals surface area contributed by atoms with Crippen molar-refractivity contribution in [2.45, 2.75) is 26.6 Å². The van der Waals surface area contributed by atoms with Gasteiger partial charge in [0.25, 0.3) is 0 Å². The second-order valence-electron chi connectivity index (χ2n) is 4.45. The standard InChI is InChI=1S/C13H14F3N3/c1-8-3-10(5-17)4-9(2)12(8)19-7-11(6-18-19)13(14,15)16/h3-4,6-7H,5,17H2,1-2H3. The van der Waals surface area contributed by atoms with Crippen LogP contribution < -0.4 is 5.73 Å². The van der Waals surface area contributed by atoms with Crippen LogP contribution in [-0.2, 0) is 12.7 Å². The van der Waals surface area contributed by atoms with Crippen molar-refractivity contribution in [3.8, 4) is 5.69 Å². The number of alkyl halides is 3. The highest BCUT2D eigenvalue weighted by molar-refractivity contribution is 5.49. The van der Waals surface area contributed by atoms with Gasteiger partial charge in [0.2, 0.25) is 0 Å². The van der Waals surface area contributed by atoms with E-state index < -0.39 is 11.7 Å². The van der Waals surface area contributed by atoms with Gasteiger partial charge in [-0.05, 0) is 30.5 Å². The Hall–Kier alpha value is -1.82. The maximum absolute atomic E-state index is 12.6. The lowest BCUT2D eigenvalue weighted by Gasteiger charge is -2.12. The molecular weight excluding hydrogens is 255 g/mol. The zero-order valence-corrected chi connectivity index (χ0v) is 10.6. The predicted octanol–water partition coefficient (Wildman–Crippen LogP) is 2.97. The number of nitrogens with two attached hydrogens (primary N) is 1. The summed E-state index contributed by atoms with van der Waals surface area (Å²) in [5.41, 5.74) is 8.11. The Morgan fingerprint density at radius 3 is 2.21 bits per heavy atom. The molecule has 0 spiro atoms. The summed E-state index contributed by atoms with van der Waals surface area (Å²) in [6.45, 7) is 4.06. The largest absolute Gasteiger partial charge is 0.419 e. The van der Waals surface area contributed by atoms with E-state index in [4.69, 9.17) is 5.73 Å². The molecule has 0 saturated carbocycles. The van der Waals surface area contributed by atoms with Crippen molar-refractivity contribution in [1.82, 2.24) is 9.78 Å². The summed E-state index contributed by atoms with van der Waals surface area (Å²) in [4.78, 5) is 0. The van der Waals surface area contributed by atoms with E-state index in [1.54, 1.807) is 0 Å². The Labute approximate surface area is 108 Å². The number of aromatic nitrogens is 2. The lowest BCUT2D eigenvalue weighted by molar-refractivity contribution is -0.137. The molecule has 3 nitrogen and oxygen atoms in total. The summed E-state index contributed by atoms with van der Waals surface area (Å²) < 4.78 is 39.0. The first kappa shape index (κ1) is 13.6. The predicted molar refractivity (Wildman–Crippen MR) is 65.9 cm³/mol. The molecule has 1 aromatic carbocycles. The first-order valence-electron chi connectivity index (χ1n) is 5.75. The fourth-order valence-electron chi connectivity index (χ4n) is 2.12. The van der Waals surface area contributed by atoms with E-state index in [9.17, 15) is 13.2 Å². The molecule has 2 N–H and O–H groups in total. The number of hydrogen-bond acceptors (Lipinski definition) is 2. The van der Waals surface area contributed by atoms with Gasteiger partial charge in [0.05, 0.1) is 17.4 Å². The van der Waals surface area contributed by atoms with Gasteiger partial charge in [-0.15, -0.1) is 0 Å². The highest BCUT2D eigenvalue weighted by Gasteiger charge is 2.32. The third kappa shape index (κ3) is 2.63. The molecule has 0 aliphatic heterocycles. The van der Waals surface area contributed by atoms with Gasteiger partial charge in [-0.25, -0.2) is 4.68 Å². The van der Waals surface area contributed by atoms with Crippen LogP contribution in [0.1, 0.15) is 22.3 Å². The van der Waals surface area contributed by atoms with Gasteiger partial charge in [-0.2, -0.15) is 18.3 Å². The van der Waals surface area contributed by atoms with Gasteiger partial charge in [0, 0.05) is 12.7 Å². The zero-order valence-electron chi connectivity index (χ0n) is 10.6. The average Bonchev–Trinajstić information content (AvgIpc) is 2.76. The average molecular weight is 269 g/mol. The number of rotatable bonds is 2. The lowest BCUT2D eigenvalue weighted by atomic mass is 10.0. The smallest absolute Gasteiger partial charge is 0.326 e. The summed E-state index contributed by atoms with van der Waals surface area (Å²) in [6.07, 6.45) is -2.55. The van der Waals surface area contributed by atoms with Gasteiger partial charge in [0.1, 0.15) is 0 Å². The number of hydrogen-bond donors (Lipinski definition) is 1. The third-order valence-corrected chi connectivity index (χ3v) is 2.93. The highest BCUT2D eigenvalue weighted by Crippen LogP contribution is 2.30. The molecule has 102 valence electrons. The van der Waals surface area contributed by atoms with E-state index in [-0.39, 0.29) is 0 Å². The molecule has 1 aromatic heterocycles. The lowest BCUT2D eigenvalue weighted by Crippen LogP contribution is -2.05. The van der Waals surface area contributed by atoms with Crippen LogP contribution in [0.2, 0.25) is 0 Å². The Kier molecular flexibility index (Phi) is 3.36. The van der Waals surface area contributed by atoms with Crippen molar-refractivity contribution in [1.29, 1.82) is 0 Å². The molecule has 1 heterocycles. The van der Waals surface area contributed by atoms with Crippen molar-refractivity contribution in [3.05, 3.63) is 46.8 Å². The molecular formula is C13H14F3N3. The number of halogens is 3. The first-order chi connectivity index (χ1) is 8.82. The topological polar surface area (TPSA) is 43.8 Å². The molecule has 0 unspecified atom stereocenters. The van der Waals surface area contributed by atoms with Crippen molar-refractivity contribution < 1.29 is 13.2 Å². The molecule has 0 aliphatic carbocycles.